The molecule has 120 valence electrons. The van der Waals surface area contributed by atoms with Crippen molar-refractivity contribution in [2.24, 2.45) is 4.99 Å². The first-order valence-electron chi connectivity index (χ1n) is 7.75. The zero-order valence-electron chi connectivity index (χ0n) is 13.3. The van der Waals surface area contributed by atoms with Crippen LogP contribution < -0.4 is 4.90 Å². The van der Waals surface area contributed by atoms with Gasteiger partial charge in [0.15, 0.2) is 0 Å². The van der Waals surface area contributed by atoms with Gasteiger partial charge in [0.1, 0.15) is 5.84 Å². The van der Waals surface area contributed by atoms with E-state index in [-0.39, 0.29) is 0 Å². The Kier molecular flexibility index (Phi) is 3.79. The molecular formula is C17H19ClN4S. The highest BCUT2D eigenvalue weighted by Crippen LogP contribution is 2.41. The van der Waals surface area contributed by atoms with E-state index in [1.807, 2.05) is 18.2 Å². The zero-order valence-corrected chi connectivity index (χ0v) is 14.9. The smallest absolute Gasteiger partial charge is 0.139 e. The van der Waals surface area contributed by atoms with E-state index in [9.17, 15) is 0 Å². The second-order valence-corrected chi connectivity index (χ2v) is 7.27. The molecule has 23 heavy (non-hydrogen) atoms. The number of anilines is 2. The van der Waals surface area contributed by atoms with Crippen molar-refractivity contribution in [1.29, 1.82) is 0 Å². The highest BCUT2D eigenvalue weighted by molar-refractivity contribution is 7.08. The number of amidine groups is 1. The van der Waals surface area contributed by atoms with E-state index in [1.165, 1.54) is 11.3 Å². The number of hydrogen-bond acceptors (Lipinski definition) is 5. The summed E-state index contributed by atoms with van der Waals surface area (Å²) in [5, 5.41) is 5.14. The van der Waals surface area contributed by atoms with Crippen LogP contribution in [-0.2, 0) is 0 Å². The molecule has 0 saturated carbocycles. The molecule has 0 aliphatic carbocycles. The van der Waals surface area contributed by atoms with E-state index in [4.69, 9.17) is 16.6 Å². The summed E-state index contributed by atoms with van der Waals surface area (Å²) in [6.07, 6.45) is 0. The average Bonchev–Trinajstić information content (AvgIpc) is 2.99. The number of hydrogen-bond donors (Lipinski definition) is 0. The fourth-order valence-corrected chi connectivity index (χ4v) is 4.15. The van der Waals surface area contributed by atoms with Crippen LogP contribution >= 0.6 is 22.9 Å². The summed E-state index contributed by atoms with van der Waals surface area (Å²) in [6.45, 7) is 4.16. The van der Waals surface area contributed by atoms with Gasteiger partial charge in [0.05, 0.1) is 22.6 Å². The van der Waals surface area contributed by atoms with Crippen molar-refractivity contribution in [3.8, 4) is 0 Å². The van der Waals surface area contributed by atoms with Crippen molar-refractivity contribution in [3.63, 3.8) is 0 Å². The van der Waals surface area contributed by atoms with E-state index >= 15 is 0 Å². The molecule has 2 aliphatic rings. The predicted octanol–water partition coefficient (Wildman–Crippen LogP) is 3.81. The molecule has 0 N–H and O–H groups in total. The quantitative estimate of drug-likeness (QED) is 0.724. The van der Waals surface area contributed by atoms with Crippen molar-refractivity contribution in [2.45, 2.75) is 0 Å². The zero-order chi connectivity index (χ0) is 16.0. The van der Waals surface area contributed by atoms with Gasteiger partial charge in [-0.2, -0.15) is 0 Å². The molecule has 4 rings (SSSR count). The molecule has 0 radical (unpaired) electrons. The molecule has 0 spiro atoms. The van der Waals surface area contributed by atoms with Crippen LogP contribution in [0.1, 0.15) is 5.56 Å². The molecule has 1 aromatic heterocycles. The van der Waals surface area contributed by atoms with Crippen molar-refractivity contribution in [3.05, 3.63) is 39.5 Å². The lowest BCUT2D eigenvalue weighted by Gasteiger charge is -2.34. The average molecular weight is 347 g/mol. The Bertz CT molecular complexity index is 762. The number of halogens is 1. The van der Waals surface area contributed by atoms with E-state index in [0.29, 0.717) is 0 Å². The van der Waals surface area contributed by atoms with Crippen LogP contribution in [0.4, 0.5) is 17.1 Å². The molecule has 3 heterocycles. The number of aliphatic imine (C=N–C) groups is 1. The van der Waals surface area contributed by atoms with E-state index in [0.717, 1.165) is 48.4 Å². The first-order valence-corrected chi connectivity index (χ1v) is 9.07. The summed E-state index contributed by atoms with van der Waals surface area (Å²) >= 11 is 7.93. The van der Waals surface area contributed by atoms with Crippen LogP contribution in [0.2, 0.25) is 5.02 Å². The number of piperazine rings is 1. The van der Waals surface area contributed by atoms with Crippen molar-refractivity contribution in [2.75, 3.05) is 45.2 Å². The lowest BCUT2D eigenvalue weighted by atomic mass is 10.2. The highest BCUT2D eigenvalue weighted by Gasteiger charge is 2.26. The van der Waals surface area contributed by atoms with Gasteiger partial charge in [-0.1, -0.05) is 11.6 Å². The number of rotatable bonds is 0. The minimum absolute atomic E-state index is 0.741. The van der Waals surface area contributed by atoms with Crippen LogP contribution in [0.5, 0.6) is 0 Å². The van der Waals surface area contributed by atoms with Crippen LogP contribution in [0.25, 0.3) is 0 Å². The standard InChI is InChI=1S/C17H19ClN4S/c1-20-5-7-22(8-6-20)17-13-10-23-11-16(13)21(2)15-9-12(18)3-4-14(15)19-17/h3-4,9-11H,5-8H2,1-2H3. The van der Waals surface area contributed by atoms with Gasteiger partial charge < -0.3 is 14.7 Å². The Hall–Kier alpha value is -1.56. The summed E-state index contributed by atoms with van der Waals surface area (Å²) in [4.78, 5) is 12.0. The van der Waals surface area contributed by atoms with E-state index < -0.39 is 0 Å². The van der Waals surface area contributed by atoms with Gasteiger partial charge in [-0.3, -0.25) is 0 Å². The van der Waals surface area contributed by atoms with E-state index in [2.05, 4.69) is 39.6 Å². The van der Waals surface area contributed by atoms with Gasteiger partial charge in [-0.15, -0.1) is 11.3 Å². The molecule has 1 fully saturated rings. The Balaban J connectivity index is 1.84. The van der Waals surface area contributed by atoms with Crippen LogP contribution in [0, 0.1) is 0 Å². The molecule has 1 saturated heterocycles. The summed E-state index contributed by atoms with van der Waals surface area (Å²) in [5.74, 6) is 1.09. The molecule has 0 amide bonds. The third-order valence-electron chi connectivity index (χ3n) is 4.57. The fourth-order valence-electron chi connectivity index (χ4n) is 3.14. The molecule has 6 heteroatoms. The Morgan fingerprint density at radius 3 is 2.61 bits per heavy atom. The predicted molar refractivity (Wildman–Crippen MR) is 99.1 cm³/mol. The van der Waals surface area contributed by atoms with Crippen molar-refractivity contribution >= 4 is 45.8 Å². The van der Waals surface area contributed by atoms with Gasteiger partial charge in [0.25, 0.3) is 0 Å². The molecular weight excluding hydrogens is 328 g/mol. The maximum Gasteiger partial charge on any atom is 0.139 e. The Morgan fingerprint density at radius 1 is 1.04 bits per heavy atom. The summed E-state index contributed by atoms with van der Waals surface area (Å²) in [7, 11) is 4.26. The summed E-state index contributed by atoms with van der Waals surface area (Å²) in [6, 6.07) is 5.92. The third-order valence-corrected chi connectivity index (χ3v) is 5.54. The van der Waals surface area contributed by atoms with Crippen molar-refractivity contribution < 1.29 is 0 Å². The number of nitrogens with zero attached hydrogens (tertiary/aromatic N) is 4. The van der Waals surface area contributed by atoms with Crippen LogP contribution in [0.3, 0.4) is 0 Å². The third kappa shape index (κ3) is 2.63. The second kappa shape index (κ2) is 5.82. The Labute approximate surface area is 145 Å². The monoisotopic (exact) mass is 346 g/mol. The van der Waals surface area contributed by atoms with Gasteiger partial charge in [-0.25, -0.2) is 4.99 Å². The minimum Gasteiger partial charge on any atom is -0.353 e. The van der Waals surface area contributed by atoms with Crippen LogP contribution in [-0.4, -0.2) is 55.9 Å². The first kappa shape index (κ1) is 15.0. The number of benzene rings is 1. The highest BCUT2D eigenvalue weighted by atomic mass is 35.5. The second-order valence-electron chi connectivity index (χ2n) is 6.09. The number of thiophene rings is 1. The number of likely N-dealkylation sites (N-methyl/N-ethyl adjacent to an activating group) is 1. The Morgan fingerprint density at radius 2 is 1.83 bits per heavy atom. The fraction of sp³-hybridized carbons (Fsp3) is 0.353. The topological polar surface area (TPSA) is 22.1 Å². The summed E-state index contributed by atoms with van der Waals surface area (Å²) in [5.41, 5.74) is 4.45. The maximum atomic E-state index is 6.21. The largest absolute Gasteiger partial charge is 0.353 e. The normalized spacial score (nSPS) is 18.3. The van der Waals surface area contributed by atoms with Gasteiger partial charge in [0.2, 0.25) is 0 Å². The van der Waals surface area contributed by atoms with Gasteiger partial charge in [-0.05, 0) is 25.2 Å². The first-order chi connectivity index (χ1) is 11.1. The molecule has 1 aromatic carbocycles. The van der Waals surface area contributed by atoms with Crippen molar-refractivity contribution in [1.82, 2.24) is 9.80 Å². The van der Waals surface area contributed by atoms with Crippen LogP contribution in [0.15, 0.2) is 34.0 Å². The molecule has 2 aromatic rings. The molecule has 0 atom stereocenters. The summed E-state index contributed by atoms with van der Waals surface area (Å²) < 4.78 is 0. The lowest BCUT2D eigenvalue weighted by Crippen LogP contribution is -2.47. The van der Waals surface area contributed by atoms with Gasteiger partial charge >= 0.3 is 0 Å². The minimum atomic E-state index is 0.741. The molecule has 4 nitrogen and oxygen atoms in total. The maximum absolute atomic E-state index is 6.21. The SMILES string of the molecule is CN1CCN(C2=Nc3ccc(Cl)cc3N(C)c3cscc32)CC1. The van der Waals surface area contributed by atoms with E-state index in [1.54, 1.807) is 11.3 Å². The van der Waals surface area contributed by atoms with Gasteiger partial charge in [0, 0.05) is 49.0 Å². The lowest BCUT2D eigenvalue weighted by molar-refractivity contribution is 0.216. The molecule has 0 bridgehead atoms. The molecule has 0 unspecified atom stereocenters. The molecule has 2 aliphatic heterocycles. The number of fused-ring (bicyclic) bond motifs is 2.